The van der Waals surface area contributed by atoms with E-state index in [1.165, 1.54) is 6.92 Å². The van der Waals surface area contributed by atoms with Gasteiger partial charge in [0.05, 0.1) is 47.8 Å². The molecule has 5 aliphatic rings. The van der Waals surface area contributed by atoms with Gasteiger partial charge in [0, 0.05) is 42.9 Å². The van der Waals surface area contributed by atoms with Crippen LogP contribution in [0.4, 0.5) is 0 Å². The van der Waals surface area contributed by atoms with Crippen molar-refractivity contribution in [1.29, 1.82) is 0 Å². The van der Waals surface area contributed by atoms with Crippen molar-refractivity contribution >= 4 is 11.8 Å². The Bertz CT molecular complexity index is 1600. The molecule has 18 atom stereocenters. The zero-order valence-corrected chi connectivity index (χ0v) is 36.8. The van der Waals surface area contributed by atoms with E-state index in [9.17, 15) is 19.8 Å². The maximum atomic E-state index is 14.7. The number of nitrogens with one attached hydrogen (secondary N) is 1. The highest BCUT2D eigenvalue weighted by atomic mass is 16.8. The number of ether oxygens (including phenoxy) is 6. The number of aliphatic hydroxyl groups excluding tert-OH is 1. The Kier molecular flexibility index (Phi) is 13.7. The van der Waals surface area contributed by atoms with Crippen molar-refractivity contribution < 1.29 is 48.2 Å². The van der Waals surface area contributed by atoms with Crippen LogP contribution in [0.5, 0.6) is 0 Å². The van der Waals surface area contributed by atoms with Gasteiger partial charge in [-0.3, -0.25) is 9.59 Å². The van der Waals surface area contributed by atoms with Gasteiger partial charge in [-0.2, -0.15) is 0 Å². The van der Waals surface area contributed by atoms with Gasteiger partial charge in [-0.05, 0) is 106 Å². The second kappa shape index (κ2) is 17.6. The number of ketones is 1. The minimum absolute atomic E-state index is 0.00652. The third-order valence-corrected chi connectivity index (χ3v) is 15.1. The summed E-state index contributed by atoms with van der Waals surface area (Å²) in [5.74, 6) is -3.82. The van der Waals surface area contributed by atoms with E-state index < -0.39 is 58.9 Å². The van der Waals surface area contributed by atoms with Crippen LogP contribution in [0.1, 0.15) is 152 Å². The first-order chi connectivity index (χ1) is 27.4. The first-order valence-corrected chi connectivity index (χ1v) is 22.3. The van der Waals surface area contributed by atoms with Gasteiger partial charge in [-0.15, -0.1) is 5.10 Å². The van der Waals surface area contributed by atoms with E-state index in [0.717, 1.165) is 19.3 Å². The number of rotatable bonds is 13. The van der Waals surface area contributed by atoms with Crippen LogP contribution in [0.3, 0.4) is 0 Å². The van der Waals surface area contributed by atoms with Crippen LogP contribution in [0.15, 0.2) is 12.2 Å². The molecule has 6 rings (SSSR count). The average Bonchev–Trinajstić information content (AvgIpc) is 3.85. The first kappa shape index (κ1) is 45.2. The Hall–Kier alpha value is -2.33. The summed E-state index contributed by atoms with van der Waals surface area (Å²) in [4.78, 5) is 27.1. The number of tetrazole rings is 1. The minimum atomic E-state index is -1.36. The summed E-state index contributed by atoms with van der Waals surface area (Å²) >= 11 is 0. The number of esters is 1. The Morgan fingerprint density at radius 1 is 0.983 bits per heavy atom. The molecule has 0 radical (unpaired) electrons. The monoisotopic (exact) mass is 817 g/mol. The maximum absolute atomic E-state index is 14.7. The Morgan fingerprint density at radius 2 is 1.72 bits per heavy atom. The van der Waals surface area contributed by atoms with Crippen LogP contribution in [0.2, 0.25) is 0 Å². The van der Waals surface area contributed by atoms with Gasteiger partial charge in [-0.25, -0.2) is 5.10 Å². The Labute approximate surface area is 345 Å². The fourth-order valence-corrected chi connectivity index (χ4v) is 11.1. The Morgan fingerprint density at radius 3 is 2.34 bits per heavy atom. The number of H-pyrrole nitrogens is 1. The highest BCUT2D eigenvalue weighted by molar-refractivity contribution is 5.84. The van der Waals surface area contributed by atoms with Crippen LogP contribution in [-0.2, 0) is 38.0 Å². The summed E-state index contributed by atoms with van der Waals surface area (Å²) in [6.45, 7) is 21.5. The summed E-state index contributed by atoms with van der Waals surface area (Å²) in [5, 5.41) is 37.7. The van der Waals surface area contributed by atoms with Gasteiger partial charge in [-0.1, -0.05) is 55.4 Å². The predicted molar refractivity (Wildman–Crippen MR) is 214 cm³/mol. The zero-order chi connectivity index (χ0) is 42.4. The molecule has 0 amide bonds. The molecule has 0 saturated carbocycles. The van der Waals surface area contributed by atoms with Gasteiger partial charge in [0.2, 0.25) is 5.79 Å². The number of Topliss-reactive ketones (excluding diaryl/α,β-unsaturated/α-hetero) is 1. The van der Waals surface area contributed by atoms with E-state index in [2.05, 4.69) is 48.3 Å². The SMILES string of the molecule is CC[C@@H](C(=O)[C@@H](C)[C@@H](O)[C@H](C)[C@@H]1O[C@@H]([C@@H](CC)c2nnn[nH]2)CC[C@@H]1C)[C@H]1O[C@]2(C=C[C@@H](OC(C)=O)[C@]3(CC[C@@](C)([C@H]4CC[C@](O)(CC)[C@H](C)O4)O3)O2)[C@H](C)C[C@@H]1C. The molecule has 2 spiro atoms. The summed E-state index contributed by atoms with van der Waals surface area (Å²) < 4.78 is 40.3. The van der Waals surface area contributed by atoms with Crippen LogP contribution in [0, 0.1) is 35.5 Å². The molecule has 58 heavy (non-hydrogen) atoms. The molecule has 1 aromatic rings. The lowest BCUT2D eigenvalue weighted by Crippen LogP contribution is -2.63. The first-order valence-electron chi connectivity index (χ1n) is 22.3. The summed E-state index contributed by atoms with van der Waals surface area (Å²) in [6, 6.07) is 0. The standard InChI is InChI=1S/C44H72N4O10/c1-12-31(40-45-47-48-46-40)33-16-15-24(4)38(55-33)28(8)36(50)27(7)37(51)32(13-2)39-25(5)23-26(6)43(56-39)20-18-35(54-30(10)49)44(58-43)22-21-41(11,57-44)34-17-19-42(52,14-3)29(9)53-34/h18,20,24-29,31-36,38-39,50,52H,12-17,19,21-23H2,1-11H3,(H,45,46,47,48)/t24-,25-,26+,27-,28-,29-,31+,32-,33+,34+,35+,36+,38+,39-,41-,42+,43-,44-/m0/s1. The van der Waals surface area contributed by atoms with Crippen LogP contribution >= 0.6 is 0 Å². The number of aromatic amines is 1. The average molecular weight is 817 g/mol. The molecule has 328 valence electrons. The van der Waals surface area contributed by atoms with Crippen molar-refractivity contribution in [2.24, 2.45) is 35.5 Å². The van der Waals surface area contributed by atoms with Crippen molar-refractivity contribution in [3.8, 4) is 0 Å². The van der Waals surface area contributed by atoms with Gasteiger partial charge in [0.25, 0.3) is 0 Å². The molecule has 0 unspecified atom stereocenters. The van der Waals surface area contributed by atoms with Crippen molar-refractivity contribution in [3.63, 3.8) is 0 Å². The smallest absolute Gasteiger partial charge is 0.303 e. The normalized spacial score (nSPS) is 43.2. The molecule has 0 aromatic carbocycles. The van der Waals surface area contributed by atoms with Crippen molar-refractivity contribution in [2.45, 2.75) is 212 Å². The highest BCUT2D eigenvalue weighted by Crippen LogP contribution is 2.54. The number of hydrogen-bond donors (Lipinski definition) is 3. The van der Waals surface area contributed by atoms with Crippen LogP contribution in [-0.4, -0.2) is 108 Å². The molecule has 4 fully saturated rings. The van der Waals surface area contributed by atoms with E-state index in [4.69, 9.17) is 28.4 Å². The van der Waals surface area contributed by atoms with Gasteiger partial charge >= 0.3 is 5.97 Å². The van der Waals surface area contributed by atoms with Crippen molar-refractivity contribution in [2.75, 3.05) is 0 Å². The molecule has 6 heterocycles. The lowest BCUT2D eigenvalue weighted by molar-refractivity contribution is -0.409. The van der Waals surface area contributed by atoms with Crippen molar-refractivity contribution in [1.82, 2.24) is 20.6 Å². The molecule has 0 bridgehead atoms. The molecule has 5 aliphatic heterocycles. The lowest BCUT2D eigenvalue weighted by atomic mass is 9.72. The minimum Gasteiger partial charge on any atom is -0.453 e. The molecule has 3 N–H and O–H groups in total. The predicted octanol–water partition coefficient (Wildman–Crippen LogP) is 6.35. The third kappa shape index (κ3) is 8.46. The van der Waals surface area contributed by atoms with Crippen LogP contribution in [0.25, 0.3) is 0 Å². The number of carbonyl (C=O) groups excluding carboxylic acids is 2. The number of carbonyl (C=O) groups is 2. The largest absolute Gasteiger partial charge is 0.453 e. The second-order valence-electron chi connectivity index (χ2n) is 18.9. The topological polar surface area (TPSA) is 184 Å². The van der Waals surface area contributed by atoms with E-state index in [-0.39, 0.29) is 59.8 Å². The molecule has 4 saturated heterocycles. The third-order valence-electron chi connectivity index (χ3n) is 15.1. The number of nitrogens with zero attached hydrogens (tertiary/aromatic N) is 3. The van der Waals surface area contributed by atoms with E-state index >= 15 is 0 Å². The summed E-state index contributed by atoms with van der Waals surface area (Å²) in [7, 11) is 0. The number of aromatic nitrogens is 4. The number of hydrogen-bond acceptors (Lipinski definition) is 13. The molecular weight excluding hydrogens is 745 g/mol. The van der Waals surface area contributed by atoms with Gasteiger partial charge in [0.1, 0.15) is 5.78 Å². The molecule has 14 heteroatoms. The Balaban J connectivity index is 1.20. The number of aliphatic hydroxyl groups is 2. The van der Waals surface area contributed by atoms with E-state index in [1.54, 1.807) is 0 Å². The summed E-state index contributed by atoms with van der Waals surface area (Å²) in [6.07, 6.45) is 7.00. The van der Waals surface area contributed by atoms with Crippen molar-refractivity contribution in [3.05, 3.63) is 18.0 Å². The van der Waals surface area contributed by atoms with Crippen LogP contribution < -0.4 is 0 Å². The highest BCUT2D eigenvalue weighted by Gasteiger charge is 2.64. The van der Waals surface area contributed by atoms with E-state index in [0.29, 0.717) is 50.8 Å². The quantitative estimate of drug-likeness (QED) is 0.148. The molecular formula is C44H72N4O10. The lowest BCUT2D eigenvalue weighted by Gasteiger charge is -2.54. The fourth-order valence-electron chi connectivity index (χ4n) is 11.1. The fraction of sp³-hybridized carbons (Fsp3) is 0.886. The van der Waals surface area contributed by atoms with Gasteiger partial charge < -0.3 is 38.6 Å². The zero-order valence-electron chi connectivity index (χ0n) is 36.8. The molecule has 1 aromatic heterocycles. The summed E-state index contributed by atoms with van der Waals surface area (Å²) in [5.41, 5.74) is -1.68. The second-order valence-corrected chi connectivity index (χ2v) is 18.9. The van der Waals surface area contributed by atoms with Gasteiger partial charge in [0.15, 0.2) is 17.7 Å². The molecule has 0 aliphatic carbocycles. The van der Waals surface area contributed by atoms with E-state index in [1.807, 2.05) is 53.7 Å². The maximum Gasteiger partial charge on any atom is 0.303 e. The molecule has 14 nitrogen and oxygen atoms in total.